The maximum atomic E-state index is 13.2. The molecule has 2 heterocycles. The van der Waals surface area contributed by atoms with E-state index in [2.05, 4.69) is 11.1 Å². The van der Waals surface area contributed by atoms with E-state index in [4.69, 9.17) is 5.26 Å². The number of aromatic nitrogens is 2. The van der Waals surface area contributed by atoms with Gasteiger partial charge in [0.15, 0.2) is 0 Å². The highest BCUT2D eigenvalue weighted by Crippen LogP contribution is 2.42. The summed E-state index contributed by atoms with van der Waals surface area (Å²) in [7, 11) is 0. The maximum absolute atomic E-state index is 13.2. The van der Waals surface area contributed by atoms with E-state index >= 15 is 0 Å². The molecule has 3 aromatic rings. The third kappa shape index (κ3) is 2.50. The topological polar surface area (TPSA) is 96.0 Å². The zero-order valence-corrected chi connectivity index (χ0v) is 14.8. The Kier molecular flexibility index (Phi) is 3.85. The van der Waals surface area contributed by atoms with Gasteiger partial charge in [0.05, 0.1) is 29.5 Å². The van der Waals surface area contributed by atoms with Crippen molar-refractivity contribution in [3.8, 4) is 6.07 Å². The van der Waals surface area contributed by atoms with Gasteiger partial charge in [0.1, 0.15) is 10.7 Å². The lowest BCUT2D eigenvalue weighted by Gasteiger charge is -2.11. The van der Waals surface area contributed by atoms with Crippen molar-refractivity contribution in [2.75, 3.05) is 0 Å². The number of aryl methyl sites for hydroxylation is 2. The number of carbonyl (C=O) groups is 1. The third-order valence-electron chi connectivity index (χ3n) is 4.85. The van der Waals surface area contributed by atoms with Gasteiger partial charge < -0.3 is 5.11 Å². The molecule has 1 atom stereocenters. The van der Waals surface area contributed by atoms with Gasteiger partial charge in [-0.25, -0.2) is 4.98 Å². The molecule has 0 spiro atoms. The summed E-state index contributed by atoms with van der Waals surface area (Å²) >= 11 is 1.43. The third-order valence-corrected chi connectivity index (χ3v) is 6.01. The first-order valence-corrected chi connectivity index (χ1v) is 9.05. The van der Waals surface area contributed by atoms with Crippen molar-refractivity contribution in [1.29, 1.82) is 5.26 Å². The van der Waals surface area contributed by atoms with E-state index in [0.29, 0.717) is 46.6 Å². The molecule has 0 aliphatic heterocycles. The van der Waals surface area contributed by atoms with Crippen LogP contribution in [-0.2, 0) is 17.8 Å². The summed E-state index contributed by atoms with van der Waals surface area (Å²) in [6.07, 6.45) is 1.22. The van der Waals surface area contributed by atoms with Gasteiger partial charge in [-0.1, -0.05) is 12.1 Å². The van der Waals surface area contributed by atoms with E-state index in [9.17, 15) is 14.7 Å². The average molecular weight is 365 g/mol. The Bertz CT molecular complexity index is 1140. The second kappa shape index (κ2) is 6.07. The quantitative estimate of drug-likeness (QED) is 0.770. The van der Waals surface area contributed by atoms with E-state index in [1.165, 1.54) is 11.3 Å². The van der Waals surface area contributed by atoms with Crippen molar-refractivity contribution in [3.63, 3.8) is 0 Å². The number of thiophene rings is 1. The molecule has 0 saturated heterocycles. The van der Waals surface area contributed by atoms with Gasteiger partial charge in [0.25, 0.3) is 5.56 Å². The first kappa shape index (κ1) is 16.5. The first-order chi connectivity index (χ1) is 12.5. The summed E-state index contributed by atoms with van der Waals surface area (Å²) < 4.78 is 1.58. The second-order valence-corrected chi connectivity index (χ2v) is 7.49. The van der Waals surface area contributed by atoms with Crippen LogP contribution in [0.4, 0.5) is 0 Å². The molecule has 26 heavy (non-hydrogen) atoms. The van der Waals surface area contributed by atoms with Gasteiger partial charge in [0.2, 0.25) is 0 Å². The normalized spacial score (nSPS) is 15.8. The van der Waals surface area contributed by atoms with Crippen LogP contribution in [-0.4, -0.2) is 20.6 Å². The SMILES string of the molecule is Cc1nc2sc3c(c2c(=O)n1Cc1ccc(C#N)cc1)C(C(=O)O)CC3. The van der Waals surface area contributed by atoms with Crippen LogP contribution in [0.2, 0.25) is 0 Å². The van der Waals surface area contributed by atoms with Crippen LogP contribution in [0.3, 0.4) is 0 Å². The lowest BCUT2D eigenvalue weighted by molar-refractivity contribution is -0.138. The Balaban J connectivity index is 1.85. The molecule has 6 nitrogen and oxygen atoms in total. The molecule has 1 unspecified atom stereocenters. The predicted octanol–water partition coefficient (Wildman–Crippen LogP) is 2.80. The monoisotopic (exact) mass is 365 g/mol. The number of carboxylic acid groups (broad SMARTS) is 1. The standard InChI is InChI=1S/C19H15N3O3S/c1-10-21-17-16(15-13(19(24)25)6-7-14(15)26-17)18(23)22(10)9-12-4-2-11(8-20)3-5-12/h2-5,13H,6-7,9H2,1H3,(H,24,25). The highest BCUT2D eigenvalue weighted by molar-refractivity contribution is 7.18. The zero-order valence-electron chi connectivity index (χ0n) is 14.0. The number of rotatable bonds is 3. The Morgan fingerprint density at radius 3 is 2.81 bits per heavy atom. The Hall–Kier alpha value is -2.98. The maximum Gasteiger partial charge on any atom is 0.311 e. The van der Waals surface area contributed by atoms with E-state index in [0.717, 1.165) is 10.4 Å². The van der Waals surface area contributed by atoms with E-state index in [-0.39, 0.29) is 5.56 Å². The van der Waals surface area contributed by atoms with Crippen LogP contribution in [0.15, 0.2) is 29.1 Å². The molecular weight excluding hydrogens is 350 g/mol. The molecule has 130 valence electrons. The number of hydrogen-bond acceptors (Lipinski definition) is 5. The molecule has 0 bridgehead atoms. The molecule has 0 saturated carbocycles. The molecular formula is C19H15N3O3S. The highest BCUT2D eigenvalue weighted by atomic mass is 32.1. The van der Waals surface area contributed by atoms with Gasteiger partial charge in [-0.2, -0.15) is 5.26 Å². The fraction of sp³-hybridized carbons (Fsp3) is 0.263. The number of benzene rings is 1. The Labute approximate surface area is 153 Å². The van der Waals surface area contributed by atoms with Crippen LogP contribution in [0.5, 0.6) is 0 Å². The fourth-order valence-electron chi connectivity index (χ4n) is 3.53. The molecule has 1 aliphatic carbocycles. The smallest absolute Gasteiger partial charge is 0.311 e. The van der Waals surface area contributed by atoms with Crippen LogP contribution in [0, 0.1) is 18.3 Å². The summed E-state index contributed by atoms with van der Waals surface area (Å²) in [6.45, 7) is 2.12. The number of nitrogens with zero attached hydrogens (tertiary/aromatic N) is 3. The lowest BCUT2D eigenvalue weighted by Crippen LogP contribution is -2.25. The summed E-state index contributed by atoms with van der Waals surface area (Å²) in [6, 6.07) is 9.12. The van der Waals surface area contributed by atoms with Crippen LogP contribution in [0.25, 0.3) is 10.2 Å². The van der Waals surface area contributed by atoms with Crippen LogP contribution < -0.4 is 5.56 Å². The van der Waals surface area contributed by atoms with Crippen molar-refractivity contribution >= 4 is 27.5 Å². The summed E-state index contributed by atoms with van der Waals surface area (Å²) in [5, 5.41) is 18.8. The zero-order chi connectivity index (χ0) is 18.4. The summed E-state index contributed by atoms with van der Waals surface area (Å²) in [5.41, 5.74) is 1.91. The minimum absolute atomic E-state index is 0.192. The van der Waals surface area contributed by atoms with Crippen LogP contribution in [0.1, 0.15) is 39.7 Å². The van der Waals surface area contributed by atoms with Crippen molar-refractivity contribution in [1.82, 2.24) is 9.55 Å². The number of nitriles is 1. The average Bonchev–Trinajstić information content (AvgIpc) is 3.17. The lowest BCUT2D eigenvalue weighted by atomic mass is 10.0. The Morgan fingerprint density at radius 1 is 1.42 bits per heavy atom. The van der Waals surface area contributed by atoms with Gasteiger partial charge in [0, 0.05) is 4.88 Å². The van der Waals surface area contributed by atoms with E-state index in [1.54, 1.807) is 23.6 Å². The highest BCUT2D eigenvalue weighted by Gasteiger charge is 2.34. The first-order valence-electron chi connectivity index (χ1n) is 8.24. The number of aliphatic carboxylic acids is 1. The number of carboxylic acids is 1. The largest absolute Gasteiger partial charge is 0.481 e. The second-order valence-electron chi connectivity index (χ2n) is 6.41. The summed E-state index contributed by atoms with van der Waals surface area (Å²) in [5.74, 6) is -0.917. The molecule has 4 rings (SSSR count). The van der Waals surface area contributed by atoms with E-state index < -0.39 is 11.9 Å². The molecule has 7 heteroatoms. The van der Waals surface area contributed by atoms with E-state index in [1.807, 2.05) is 12.1 Å². The number of fused-ring (bicyclic) bond motifs is 3. The van der Waals surface area contributed by atoms with Crippen LogP contribution >= 0.6 is 11.3 Å². The molecule has 1 N–H and O–H groups in total. The van der Waals surface area contributed by atoms with Gasteiger partial charge >= 0.3 is 5.97 Å². The van der Waals surface area contributed by atoms with Gasteiger partial charge in [-0.05, 0) is 43.0 Å². The number of hydrogen-bond donors (Lipinski definition) is 1. The molecule has 0 radical (unpaired) electrons. The molecule has 0 amide bonds. The fourth-order valence-corrected chi connectivity index (χ4v) is 4.81. The minimum atomic E-state index is -0.887. The molecule has 2 aromatic heterocycles. The molecule has 1 aromatic carbocycles. The molecule has 1 aliphatic rings. The Morgan fingerprint density at radius 2 is 2.15 bits per heavy atom. The van der Waals surface area contributed by atoms with Gasteiger partial charge in [-0.3, -0.25) is 14.2 Å². The predicted molar refractivity (Wildman–Crippen MR) is 97.6 cm³/mol. The van der Waals surface area contributed by atoms with Crippen molar-refractivity contribution < 1.29 is 9.90 Å². The summed E-state index contributed by atoms with van der Waals surface area (Å²) in [4.78, 5) is 30.9. The molecule has 0 fully saturated rings. The van der Waals surface area contributed by atoms with Crippen molar-refractivity contribution in [3.05, 3.63) is 62.0 Å². The van der Waals surface area contributed by atoms with Crippen molar-refractivity contribution in [2.24, 2.45) is 0 Å². The van der Waals surface area contributed by atoms with Gasteiger partial charge in [-0.15, -0.1) is 11.3 Å². The minimum Gasteiger partial charge on any atom is -0.481 e. The van der Waals surface area contributed by atoms with Crippen molar-refractivity contribution in [2.45, 2.75) is 32.2 Å².